The fourth-order valence-electron chi connectivity index (χ4n) is 2.28. The predicted octanol–water partition coefficient (Wildman–Crippen LogP) is 7.27. The molecule has 1 aliphatic carbocycles. The van der Waals surface area contributed by atoms with Gasteiger partial charge in [0.2, 0.25) is 0 Å². The van der Waals surface area contributed by atoms with E-state index in [4.69, 9.17) is 58.0 Å². The molecule has 1 N–H and O–H groups in total. The van der Waals surface area contributed by atoms with Gasteiger partial charge in [0.25, 0.3) is 0 Å². The minimum Gasteiger partial charge on any atom is -0.254 e. The van der Waals surface area contributed by atoms with E-state index in [0.717, 1.165) is 12.8 Å². The minimum atomic E-state index is 0.0775. The van der Waals surface area contributed by atoms with Crippen LogP contribution >= 0.6 is 70.0 Å². The fourth-order valence-corrected chi connectivity index (χ4v) is 4.70. The van der Waals surface area contributed by atoms with Crippen LogP contribution in [0.2, 0.25) is 25.1 Å². The van der Waals surface area contributed by atoms with Gasteiger partial charge in [-0.15, -0.1) is 0 Å². The number of rotatable bonds is 3. The van der Waals surface area contributed by atoms with Crippen molar-refractivity contribution in [3.05, 3.63) is 25.1 Å². The van der Waals surface area contributed by atoms with Crippen molar-refractivity contribution in [2.24, 2.45) is 0 Å². The highest BCUT2D eigenvalue weighted by Gasteiger charge is 2.28. The van der Waals surface area contributed by atoms with Gasteiger partial charge in [-0.1, -0.05) is 77.3 Å². The van der Waals surface area contributed by atoms with Crippen LogP contribution in [0.3, 0.4) is 0 Å². The molecule has 0 aromatic heterocycles. The molecular formula is C13H14Cl5NS. The first-order chi connectivity index (χ1) is 9.36. The summed E-state index contributed by atoms with van der Waals surface area (Å²) in [5, 5.41) is 1.34. The van der Waals surface area contributed by atoms with Gasteiger partial charge in [0, 0.05) is 5.54 Å². The van der Waals surface area contributed by atoms with E-state index >= 15 is 0 Å². The van der Waals surface area contributed by atoms with Crippen LogP contribution in [0.1, 0.15) is 39.0 Å². The second-order valence-corrected chi connectivity index (χ2v) is 7.93. The Hall–Kier alpha value is 0.980. The van der Waals surface area contributed by atoms with Crippen LogP contribution in [-0.2, 0) is 0 Å². The van der Waals surface area contributed by atoms with Gasteiger partial charge in [0.05, 0.1) is 30.0 Å². The highest BCUT2D eigenvalue weighted by molar-refractivity contribution is 7.97. The third kappa shape index (κ3) is 3.65. The summed E-state index contributed by atoms with van der Waals surface area (Å²) in [7, 11) is 0. The van der Waals surface area contributed by atoms with Crippen LogP contribution in [0, 0.1) is 0 Å². The molecule has 1 aromatic rings. The van der Waals surface area contributed by atoms with E-state index in [0.29, 0.717) is 14.9 Å². The molecule has 7 heteroatoms. The first-order valence-electron chi connectivity index (χ1n) is 6.31. The predicted molar refractivity (Wildman–Crippen MR) is 92.0 cm³/mol. The number of nitrogens with one attached hydrogen (secondary N) is 1. The highest BCUT2D eigenvalue weighted by atomic mass is 35.5. The van der Waals surface area contributed by atoms with E-state index in [1.165, 1.54) is 31.2 Å². The molecule has 1 aliphatic rings. The Morgan fingerprint density at radius 3 is 1.75 bits per heavy atom. The van der Waals surface area contributed by atoms with Crippen molar-refractivity contribution in [3.63, 3.8) is 0 Å². The van der Waals surface area contributed by atoms with Gasteiger partial charge in [-0.2, -0.15) is 0 Å². The molecule has 2 rings (SSSR count). The molecule has 1 fully saturated rings. The Labute approximate surface area is 148 Å². The molecule has 0 bridgehead atoms. The van der Waals surface area contributed by atoms with Gasteiger partial charge in [0.1, 0.15) is 0 Å². The van der Waals surface area contributed by atoms with Crippen molar-refractivity contribution in [3.8, 4) is 0 Å². The molecule has 0 atom stereocenters. The highest BCUT2D eigenvalue weighted by Crippen LogP contribution is 2.47. The van der Waals surface area contributed by atoms with Crippen molar-refractivity contribution in [1.29, 1.82) is 0 Å². The molecule has 1 saturated carbocycles. The van der Waals surface area contributed by atoms with Crippen molar-refractivity contribution in [2.45, 2.75) is 49.5 Å². The second kappa shape index (κ2) is 7.04. The molecule has 0 unspecified atom stereocenters. The maximum Gasteiger partial charge on any atom is 0.0809 e. The maximum absolute atomic E-state index is 6.22. The van der Waals surface area contributed by atoms with Crippen LogP contribution in [0.15, 0.2) is 4.90 Å². The molecule has 0 aliphatic heterocycles. The van der Waals surface area contributed by atoms with Crippen LogP contribution in [-0.4, -0.2) is 5.54 Å². The molecule has 1 aromatic carbocycles. The first-order valence-corrected chi connectivity index (χ1v) is 9.02. The van der Waals surface area contributed by atoms with E-state index in [2.05, 4.69) is 11.6 Å². The standard InChI is InChI=1S/C13H14Cl5NS/c1-13(5-3-2-4-6-13)19-20-12-10(17)8(15)7(14)9(16)11(12)18/h19H,2-6H2,1H3. The van der Waals surface area contributed by atoms with E-state index in [-0.39, 0.29) is 20.6 Å². The lowest BCUT2D eigenvalue weighted by atomic mass is 9.84. The zero-order chi connectivity index (χ0) is 14.9. The van der Waals surface area contributed by atoms with Crippen molar-refractivity contribution >= 4 is 70.0 Å². The smallest absolute Gasteiger partial charge is 0.0809 e. The fraction of sp³-hybridized carbons (Fsp3) is 0.538. The Morgan fingerprint density at radius 1 is 0.800 bits per heavy atom. The van der Waals surface area contributed by atoms with Crippen LogP contribution in [0.5, 0.6) is 0 Å². The molecule has 1 nitrogen and oxygen atoms in total. The number of hydrogen-bond donors (Lipinski definition) is 1. The molecule has 0 saturated heterocycles. The lowest BCUT2D eigenvalue weighted by molar-refractivity contribution is 0.301. The number of hydrogen-bond acceptors (Lipinski definition) is 2. The first kappa shape index (κ1) is 17.3. The zero-order valence-corrected chi connectivity index (χ0v) is 15.4. The lowest BCUT2D eigenvalue weighted by Crippen LogP contribution is -2.39. The van der Waals surface area contributed by atoms with Crippen molar-refractivity contribution in [1.82, 2.24) is 4.72 Å². The summed E-state index contributed by atoms with van der Waals surface area (Å²) in [6, 6.07) is 0. The molecule has 112 valence electrons. The average molecular weight is 394 g/mol. The summed E-state index contributed by atoms with van der Waals surface area (Å²) in [5.74, 6) is 0. The second-order valence-electron chi connectivity index (χ2n) is 5.22. The minimum absolute atomic E-state index is 0.0775. The van der Waals surface area contributed by atoms with E-state index < -0.39 is 0 Å². The van der Waals surface area contributed by atoms with Crippen molar-refractivity contribution < 1.29 is 0 Å². The summed E-state index contributed by atoms with van der Waals surface area (Å²) in [6.45, 7) is 2.21. The summed E-state index contributed by atoms with van der Waals surface area (Å²) >= 11 is 31.9. The molecule has 20 heavy (non-hydrogen) atoms. The van der Waals surface area contributed by atoms with Gasteiger partial charge < -0.3 is 0 Å². The average Bonchev–Trinajstić information content (AvgIpc) is 2.44. The third-order valence-electron chi connectivity index (χ3n) is 3.53. The van der Waals surface area contributed by atoms with Gasteiger partial charge in [0.15, 0.2) is 0 Å². The summed E-state index contributed by atoms with van der Waals surface area (Å²) < 4.78 is 3.46. The quantitative estimate of drug-likeness (QED) is 0.329. The summed E-state index contributed by atoms with van der Waals surface area (Å²) in [4.78, 5) is 0.625. The molecule has 0 amide bonds. The molecular weight excluding hydrogens is 379 g/mol. The van der Waals surface area contributed by atoms with Gasteiger partial charge in [-0.3, -0.25) is 4.72 Å². The van der Waals surface area contributed by atoms with Crippen LogP contribution in [0.25, 0.3) is 0 Å². The third-order valence-corrected chi connectivity index (χ3v) is 7.23. The topological polar surface area (TPSA) is 12.0 Å². The van der Waals surface area contributed by atoms with Gasteiger partial charge >= 0.3 is 0 Å². The van der Waals surface area contributed by atoms with Crippen molar-refractivity contribution in [2.75, 3.05) is 0 Å². The monoisotopic (exact) mass is 391 g/mol. The summed E-state index contributed by atoms with van der Waals surface area (Å²) in [6.07, 6.45) is 6.01. The number of halogens is 5. The Morgan fingerprint density at radius 2 is 1.25 bits per heavy atom. The normalized spacial score (nSPS) is 18.3. The molecule has 0 radical (unpaired) electrons. The molecule has 0 spiro atoms. The van der Waals surface area contributed by atoms with Gasteiger partial charge in [-0.25, -0.2) is 0 Å². The van der Waals surface area contributed by atoms with E-state index in [1.807, 2.05) is 0 Å². The number of benzene rings is 1. The zero-order valence-electron chi connectivity index (χ0n) is 10.8. The Kier molecular flexibility index (Phi) is 6.10. The van der Waals surface area contributed by atoms with Crippen LogP contribution in [0.4, 0.5) is 0 Å². The van der Waals surface area contributed by atoms with E-state index in [1.54, 1.807) is 0 Å². The molecule has 0 heterocycles. The Bertz CT molecular complexity index is 485. The largest absolute Gasteiger partial charge is 0.254 e. The van der Waals surface area contributed by atoms with E-state index in [9.17, 15) is 0 Å². The summed E-state index contributed by atoms with van der Waals surface area (Å²) in [5.41, 5.74) is 0.0775. The van der Waals surface area contributed by atoms with Gasteiger partial charge in [-0.05, 0) is 31.7 Å². The SMILES string of the molecule is CC1(NSc2c(Cl)c(Cl)c(Cl)c(Cl)c2Cl)CCCCC1. The lowest BCUT2D eigenvalue weighted by Gasteiger charge is -2.34. The Balaban J connectivity index is 2.21. The van der Waals surface area contributed by atoms with Crippen LogP contribution < -0.4 is 4.72 Å². The maximum atomic E-state index is 6.22.